The largest absolute Gasteiger partial charge is 0.355 e. The van der Waals surface area contributed by atoms with Gasteiger partial charge in [0, 0.05) is 18.7 Å². The number of halogens is 1. The second kappa shape index (κ2) is 6.04. The van der Waals surface area contributed by atoms with Crippen LogP contribution in [0, 0.1) is 0 Å². The first-order valence-electron chi connectivity index (χ1n) is 6.15. The zero-order valence-corrected chi connectivity index (χ0v) is 11.4. The Bertz CT molecular complexity index is 501. The number of anilines is 1. The molecule has 2 rings (SSSR count). The Morgan fingerprint density at radius 2 is 2.11 bits per heavy atom. The van der Waals surface area contributed by atoms with Gasteiger partial charge in [-0.25, -0.2) is 0 Å². The van der Waals surface area contributed by atoms with E-state index in [2.05, 4.69) is 16.0 Å². The van der Waals surface area contributed by atoms with Gasteiger partial charge < -0.3 is 16.0 Å². The van der Waals surface area contributed by atoms with E-state index in [1.54, 1.807) is 25.2 Å². The third kappa shape index (κ3) is 3.94. The second-order valence-corrected chi connectivity index (χ2v) is 4.88. The van der Waals surface area contributed by atoms with Crippen LogP contribution >= 0.6 is 11.6 Å². The molecule has 0 bridgehead atoms. The zero-order valence-electron chi connectivity index (χ0n) is 10.6. The third-order valence-electron chi connectivity index (χ3n) is 2.86. The number of nitrogens with one attached hydrogen (secondary N) is 3. The molecule has 0 aliphatic heterocycles. The van der Waals surface area contributed by atoms with Crippen molar-refractivity contribution in [2.24, 2.45) is 0 Å². The molecule has 0 spiro atoms. The van der Waals surface area contributed by atoms with E-state index in [1.807, 2.05) is 0 Å². The van der Waals surface area contributed by atoms with E-state index >= 15 is 0 Å². The molecular formula is C13H16ClN3O2. The Morgan fingerprint density at radius 3 is 2.74 bits per heavy atom. The first kappa shape index (κ1) is 13.8. The molecule has 6 heteroatoms. The summed E-state index contributed by atoms with van der Waals surface area (Å²) in [7, 11) is 1.55. The van der Waals surface area contributed by atoms with Crippen molar-refractivity contribution in [3.8, 4) is 0 Å². The highest BCUT2D eigenvalue weighted by atomic mass is 35.5. The summed E-state index contributed by atoms with van der Waals surface area (Å²) in [6.07, 6.45) is 2.25. The van der Waals surface area contributed by atoms with Crippen LogP contribution in [0.2, 0.25) is 5.02 Å². The highest BCUT2D eigenvalue weighted by molar-refractivity contribution is 6.33. The Hall–Kier alpha value is -1.59. The number of benzene rings is 1. The molecule has 0 atom stereocenters. The number of hydrogen-bond acceptors (Lipinski definition) is 3. The summed E-state index contributed by atoms with van der Waals surface area (Å²) < 4.78 is 0. The van der Waals surface area contributed by atoms with E-state index in [1.165, 1.54) is 0 Å². The molecule has 1 fully saturated rings. The van der Waals surface area contributed by atoms with Gasteiger partial charge in [-0.1, -0.05) is 11.6 Å². The van der Waals surface area contributed by atoms with Crippen LogP contribution in [0.15, 0.2) is 18.2 Å². The number of rotatable bonds is 5. The maximum atomic E-state index is 11.7. The topological polar surface area (TPSA) is 70.2 Å². The predicted octanol–water partition coefficient (Wildman–Crippen LogP) is 1.39. The summed E-state index contributed by atoms with van der Waals surface area (Å²) in [4.78, 5) is 23.2. The molecule has 1 aliphatic carbocycles. The minimum absolute atomic E-state index is 0.164. The average Bonchev–Trinajstić information content (AvgIpc) is 3.22. The smallest absolute Gasteiger partial charge is 0.251 e. The Labute approximate surface area is 116 Å². The normalized spacial score (nSPS) is 14.0. The Kier molecular flexibility index (Phi) is 4.39. The Morgan fingerprint density at radius 1 is 1.37 bits per heavy atom. The van der Waals surface area contributed by atoms with Crippen LogP contribution in [0.5, 0.6) is 0 Å². The lowest BCUT2D eigenvalue weighted by Crippen LogP contribution is -2.29. The van der Waals surface area contributed by atoms with Crippen LogP contribution in [-0.4, -0.2) is 31.4 Å². The Balaban J connectivity index is 2.00. The van der Waals surface area contributed by atoms with E-state index in [0.717, 1.165) is 12.8 Å². The van der Waals surface area contributed by atoms with Gasteiger partial charge in [-0.05, 0) is 31.0 Å². The molecule has 0 unspecified atom stereocenters. The lowest BCUT2D eigenvalue weighted by atomic mass is 10.2. The zero-order chi connectivity index (χ0) is 13.8. The maximum absolute atomic E-state index is 11.7. The van der Waals surface area contributed by atoms with Crippen molar-refractivity contribution in [3.05, 3.63) is 28.8 Å². The van der Waals surface area contributed by atoms with Gasteiger partial charge in [0.25, 0.3) is 5.91 Å². The van der Waals surface area contributed by atoms with Crippen LogP contribution in [0.3, 0.4) is 0 Å². The lowest BCUT2D eigenvalue weighted by molar-refractivity contribution is -0.115. The van der Waals surface area contributed by atoms with Gasteiger partial charge in [0.15, 0.2) is 0 Å². The first-order chi connectivity index (χ1) is 9.10. The van der Waals surface area contributed by atoms with Gasteiger partial charge in [0.2, 0.25) is 5.91 Å². The highest BCUT2D eigenvalue weighted by Crippen LogP contribution is 2.23. The second-order valence-electron chi connectivity index (χ2n) is 4.48. The molecule has 1 saturated carbocycles. The van der Waals surface area contributed by atoms with Gasteiger partial charge in [-0.15, -0.1) is 0 Å². The summed E-state index contributed by atoms with van der Waals surface area (Å²) >= 11 is 6.00. The molecule has 0 aromatic heterocycles. The van der Waals surface area contributed by atoms with Gasteiger partial charge >= 0.3 is 0 Å². The SMILES string of the molecule is CNC(=O)c1ccc(Cl)c(NC(=O)CNC2CC2)c1. The van der Waals surface area contributed by atoms with Crippen LogP contribution in [0.4, 0.5) is 5.69 Å². The van der Waals surface area contributed by atoms with E-state index in [-0.39, 0.29) is 18.4 Å². The van der Waals surface area contributed by atoms with Crippen LogP contribution in [0.25, 0.3) is 0 Å². The van der Waals surface area contributed by atoms with Crippen molar-refractivity contribution in [2.45, 2.75) is 18.9 Å². The van der Waals surface area contributed by atoms with Gasteiger partial charge in [0.1, 0.15) is 0 Å². The molecule has 2 amide bonds. The quantitative estimate of drug-likeness (QED) is 0.764. The van der Waals surface area contributed by atoms with E-state index in [9.17, 15) is 9.59 Å². The lowest BCUT2D eigenvalue weighted by Gasteiger charge is -2.09. The summed E-state index contributed by atoms with van der Waals surface area (Å²) in [6.45, 7) is 0.255. The third-order valence-corrected chi connectivity index (χ3v) is 3.19. The molecule has 19 heavy (non-hydrogen) atoms. The molecule has 0 saturated heterocycles. The monoisotopic (exact) mass is 281 g/mol. The van der Waals surface area contributed by atoms with Crippen LogP contribution in [-0.2, 0) is 4.79 Å². The fourth-order valence-electron chi connectivity index (χ4n) is 1.63. The van der Waals surface area contributed by atoms with E-state index in [4.69, 9.17) is 11.6 Å². The van der Waals surface area contributed by atoms with Crippen LogP contribution < -0.4 is 16.0 Å². The summed E-state index contributed by atoms with van der Waals surface area (Å²) in [5, 5.41) is 8.74. The van der Waals surface area contributed by atoms with Crippen molar-refractivity contribution in [2.75, 3.05) is 18.9 Å². The molecular weight excluding hydrogens is 266 g/mol. The van der Waals surface area contributed by atoms with Gasteiger partial charge in [-0.3, -0.25) is 9.59 Å². The summed E-state index contributed by atoms with van der Waals surface area (Å²) in [5.41, 5.74) is 0.905. The predicted molar refractivity (Wildman–Crippen MR) is 74.5 cm³/mol. The fraction of sp³-hybridized carbons (Fsp3) is 0.385. The van der Waals surface area contributed by atoms with Crippen LogP contribution in [0.1, 0.15) is 23.2 Å². The van der Waals surface area contributed by atoms with Crippen molar-refractivity contribution < 1.29 is 9.59 Å². The van der Waals surface area contributed by atoms with Gasteiger partial charge in [0.05, 0.1) is 17.3 Å². The number of carbonyl (C=O) groups is 2. The molecule has 1 aromatic carbocycles. The first-order valence-corrected chi connectivity index (χ1v) is 6.53. The minimum Gasteiger partial charge on any atom is -0.355 e. The molecule has 1 aromatic rings. The molecule has 5 nitrogen and oxygen atoms in total. The molecule has 3 N–H and O–H groups in total. The molecule has 102 valence electrons. The average molecular weight is 282 g/mol. The minimum atomic E-state index is -0.219. The number of amides is 2. The number of carbonyl (C=O) groups excluding carboxylic acids is 2. The highest BCUT2D eigenvalue weighted by Gasteiger charge is 2.21. The van der Waals surface area contributed by atoms with E-state index < -0.39 is 0 Å². The van der Waals surface area contributed by atoms with Crippen molar-refractivity contribution in [1.82, 2.24) is 10.6 Å². The van der Waals surface area contributed by atoms with Crippen molar-refractivity contribution in [1.29, 1.82) is 0 Å². The molecule has 0 heterocycles. The standard InChI is InChI=1S/C13H16ClN3O2/c1-15-13(19)8-2-5-10(14)11(6-8)17-12(18)7-16-9-3-4-9/h2,5-6,9,16H,3-4,7H2,1H3,(H,15,19)(H,17,18). The van der Waals surface area contributed by atoms with Crippen molar-refractivity contribution >= 4 is 29.1 Å². The van der Waals surface area contributed by atoms with E-state index in [0.29, 0.717) is 22.3 Å². The summed E-state index contributed by atoms with van der Waals surface area (Å²) in [5.74, 6) is -0.383. The maximum Gasteiger partial charge on any atom is 0.251 e. The molecule has 0 radical (unpaired) electrons. The number of hydrogen-bond donors (Lipinski definition) is 3. The molecule has 1 aliphatic rings. The van der Waals surface area contributed by atoms with Gasteiger partial charge in [-0.2, -0.15) is 0 Å². The summed E-state index contributed by atoms with van der Waals surface area (Å²) in [6, 6.07) is 5.24. The van der Waals surface area contributed by atoms with Crippen molar-refractivity contribution in [3.63, 3.8) is 0 Å². The fourth-order valence-corrected chi connectivity index (χ4v) is 1.79.